The van der Waals surface area contributed by atoms with E-state index in [9.17, 15) is 19.5 Å². The number of nitrogens with one attached hydrogen (secondary N) is 2. The number of carbonyl (C=O) groups is 3. The maximum Gasteiger partial charge on any atom is 0.329 e. The van der Waals surface area contributed by atoms with Crippen molar-refractivity contribution in [3.63, 3.8) is 0 Å². The summed E-state index contributed by atoms with van der Waals surface area (Å²) in [6, 6.07) is 0. The molecule has 21 heavy (non-hydrogen) atoms. The zero-order valence-corrected chi connectivity index (χ0v) is 13.7. The van der Waals surface area contributed by atoms with E-state index in [-0.39, 0.29) is 18.2 Å². The van der Waals surface area contributed by atoms with Crippen molar-refractivity contribution in [2.45, 2.75) is 65.8 Å². The minimum absolute atomic E-state index is 0.0655. The van der Waals surface area contributed by atoms with E-state index in [0.717, 1.165) is 0 Å². The summed E-state index contributed by atoms with van der Waals surface area (Å²) in [5.74, 6) is -1.40. The van der Waals surface area contributed by atoms with Gasteiger partial charge in [0.25, 0.3) is 0 Å². The van der Waals surface area contributed by atoms with Crippen molar-refractivity contribution < 1.29 is 19.5 Å². The molecule has 0 heterocycles. The van der Waals surface area contributed by atoms with Crippen molar-refractivity contribution >= 4 is 17.8 Å². The van der Waals surface area contributed by atoms with Gasteiger partial charge in [0.1, 0.15) is 5.54 Å². The van der Waals surface area contributed by atoms with E-state index < -0.39 is 16.9 Å². The van der Waals surface area contributed by atoms with E-state index >= 15 is 0 Å². The number of carboxylic acids is 1. The molecule has 1 atom stereocenters. The van der Waals surface area contributed by atoms with Crippen LogP contribution < -0.4 is 10.6 Å². The Hall–Kier alpha value is -1.59. The Morgan fingerprint density at radius 1 is 1.10 bits per heavy atom. The van der Waals surface area contributed by atoms with Crippen LogP contribution in [0.4, 0.5) is 0 Å². The van der Waals surface area contributed by atoms with Crippen LogP contribution in [0.1, 0.15) is 60.3 Å². The van der Waals surface area contributed by atoms with Crippen molar-refractivity contribution in [2.24, 2.45) is 5.41 Å². The van der Waals surface area contributed by atoms with Crippen molar-refractivity contribution in [3.8, 4) is 0 Å². The fourth-order valence-corrected chi connectivity index (χ4v) is 1.81. The molecule has 0 saturated carbocycles. The molecule has 0 saturated heterocycles. The summed E-state index contributed by atoms with van der Waals surface area (Å²) in [6.45, 7) is 9.24. The smallest absolute Gasteiger partial charge is 0.329 e. The molecule has 6 nitrogen and oxygen atoms in total. The number of carboxylic acid groups (broad SMARTS) is 1. The van der Waals surface area contributed by atoms with Gasteiger partial charge in [0.15, 0.2) is 0 Å². The SMILES string of the molecule is CCCC(C)(NC(=O)CCCNC(=O)C(C)(C)C)C(=O)O. The molecule has 0 aliphatic rings. The minimum atomic E-state index is -1.22. The van der Waals surface area contributed by atoms with Crippen LogP contribution in [-0.2, 0) is 14.4 Å². The molecule has 1 unspecified atom stereocenters. The van der Waals surface area contributed by atoms with Crippen molar-refractivity contribution in [1.82, 2.24) is 10.6 Å². The molecule has 0 fully saturated rings. The minimum Gasteiger partial charge on any atom is -0.480 e. The molecule has 0 aromatic carbocycles. The molecule has 0 bridgehead atoms. The van der Waals surface area contributed by atoms with E-state index in [1.54, 1.807) is 0 Å². The van der Waals surface area contributed by atoms with Crippen LogP contribution in [0.5, 0.6) is 0 Å². The number of carbonyl (C=O) groups excluding carboxylic acids is 2. The lowest BCUT2D eigenvalue weighted by Crippen LogP contribution is -2.52. The second-order valence-corrected chi connectivity index (χ2v) is 6.54. The molecule has 0 aromatic heterocycles. The highest BCUT2D eigenvalue weighted by Crippen LogP contribution is 2.14. The maximum atomic E-state index is 11.8. The van der Waals surface area contributed by atoms with Crippen LogP contribution in [0.15, 0.2) is 0 Å². The largest absolute Gasteiger partial charge is 0.480 e. The zero-order chi connectivity index (χ0) is 16.7. The molecular weight excluding hydrogens is 272 g/mol. The van der Waals surface area contributed by atoms with Crippen LogP contribution in [0.2, 0.25) is 0 Å². The highest BCUT2D eigenvalue weighted by atomic mass is 16.4. The molecule has 3 N–H and O–H groups in total. The van der Waals surface area contributed by atoms with Gasteiger partial charge in [-0.2, -0.15) is 0 Å². The first kappa shape index (κ1) is 19.4. The van der Waals surface area contributed by atoms with Gasteiger partial charge < -0.3 is 15.7 Å². The predicted octanol–water partition coefficient (Wildman–Crippen LogP) is 1.69. The highest BCUT2D eigenvalue weighted by molar-refractivity contribution is 5.86. The first-order valence-electron chi connectivity index (χ1n) is 7.35. The number of aliphatic carboxylic acids is 1. The second kappa shape index (κ2) is 8.00. The van der Waals surface area contributed by atoms with Gasteiger partial charge in [-0.05, 0) is 19.8 Å². The first-order chi connectivity index (χ1) is 9.53. The van der Waals surface area contributed by atoms with Gasteiger partial charge in [-0.3, -0.25) is 9.59 Å². The fourth-order valence-electron chi connectivity index (χ4n) is 1.81. The lowest BCUT2D eigenvalue weighted by molar-refractivity contribution is -0.147. The second-order valence-electron chi connectivity index (χ2n) is 6.54. The van der Waals surface area contributed by atoms with Crippen LogP contribution in [0.3, 0.4) is 0 Å². The van der Waals surface area contributed by atoms with Crippen molar-refractivity contribution in [2.75, 3.05) is 6.54 Å². The first-order valence-corrected chi connectivity index (χ1v) is 7.35. The van der Waals surface area contributed by atoms with Crippen molar-refractivity contribution in [3.05, 3.63) is 0 Å². The van der Waals surface area contributed by atoms with Crippen LogP contribution in [0, 0.1) is 5.41 Å². The quantitative estimate of drug-likeness (QED) is 0.594. The van der Waals surface area contributed by atoms with Gasteiger partial charge in [0, 0.05) is 18.4 Å². The molecule has 0 rings (SSSR count). The molecule has 0 aliphatic carbocycles. The third-order valence-electron chi connectivity index (χ3n) is 3.18. The number of rotatable bonds is 8. The van der Waals surface area contributed by atoms with Crippen LogP contribution >= 0.6 is 0 Å². The Kier molecular flexibility index (Phi) is 7.39. The topological polar surface area (TPSA) is 95.5 Å². The molecule has 0 aromatic rings. The van der Waals surface area contributed by atoms with Gasteiger partial charge >= 0.3 is 5.97 Å². The predicted molar refractivity (Wildman–Crippen MR) is 80.8 cm³/mol. The third-order valence-corrected chi connectivity index (χ3v) is 3.18. The standard InChI is InChI=1S/C15H28N2O4/c1-6-9-15(5,13(20)21)17-11(18)8-7-10-16-12(19)14(2,3)4/h6-10H2,1-5H3,(H,16,19)(H,17,18)(H,20,21). The summed E-state index contributed by atoms with van der Waals surface area (Å²) in [5, 5.41) is 14.5. The van der Waals surface area contributed by atoms with E-state index in [0.29, 0.717) is 25.8 Å². The van der Waals surface area contributed by atoms with Crippen molar-refractivity contribution in [1.29, 1.82) is 0 Å². The van der Waals surface area contributed by atoms with E-state index in [2.05, 4.69) is 10.6 Å². The van der Waals surface area contributed by atoms with Gasteiger partial charge in [0.2, 0.25) is 11.8 Å². The lowest BCUT2D eigenvalue weighted by atomic mass is 9.95. The van der Waals surface area contributed by atoms with E-state index in [4.69, 9.17) is 0 Å². The fraction of sp³-hybridized carbons (Fsp3) is 0.800. The highest BCUT2D eigenvalue weighted by Gasteiger charge is 2.33. The Morgan fingerprint density at radius 3 is 2.10 bits per heavy atom. The van der Waals surface area contributed by atoms with Crippen LogP contribution in [-0.4, -0.2) is 35.0 Å². The normalized spacial score (nSPS) is 14.1. The maximum absolute atomic E-state index is 11.8. The summed E-state index contributed by atoms with van der Waals surface area (Å²) in [5.41, 5.74) is -1.67. The van der Waals surface area contributed by atoms with Crippen LogP contribution in [0.25, 0.3) is 0 Å². The molecule has 2 amide bonds. The zero-order valence-electron chi connectivity index (χ0n) is 13.7. The molecule has 0 spiro atoms. The molecule has 122 valence electrons. The Labute approximate surface area is 126 Å². The molecular formula is C15H28N2O4. The Morgan fingerprint density at radius 2 is 1.67 bits per heavy atom. The molecule has 0 radical (unpaired) electrons. The molecule has 0 aliphatic heterocycles. The Balaban J connectivity index is 4.16. The van der Waals surface area contributed by atoms with Gasteiger partial charge in [-0.25, -0.2) is 4.79 Å². The van der Waals surface area contributed by atoms with Gasteiger partial charge in [0.05, 0.1) is 0 Å². The average molecular weight is 300 g/mol. The van der Waals surface area contributed by atoms with E-state index in [1.165, 1.54) is 6.92 Å². The number of hydrogen-bond donors (Lipinski definition) is 3. The Bertz CT molecular complexity index is 388. The summed E-state index contributed by atoms with van der Waals surface area (Å²) in [4.78, 5) is 34.6. The summed E-state index contributed by atoms with van der Waals surface area (Å²) < 4.78 is 0. The van der Waals surface area contributed by atoms with Gasteiger partial charge in [-0.15, -0.1) is 0 Å². The molecule has 6 heteroatoms. The summed E-state index contributed by atoms with van der Waals surface area (Å²) >= 11 is 0. The summed E-state index contributed by atoms with van der Waals surface area (Å²) in [6.07, 6.45) is 1.73. The lowest BCUT2D eigenvalue weighted by Gasteiger charge is -2.25. The number of amides is 2. The van der Waals surface area contributed by atoms with Gasteiger partial charge in [-0.1, -0.05) is 34.1 Å². The number of hydrogen-bond acceptors (Lipinski definition) is 3. The third kappa shape index (κ3) is 7.11. The van der Waals surface area contributed by atoms with E-state index in [1.807, 2.05) is 27.7 Å². The monoisotopic (exact) mass is 300 g/mol. The average Bonchev–Trinajstić information content (AvgIpc) is 2.33. The summed E-state index contributed by atoms with van der Waals surface area (Å²) in [7, 11) is 0.